The Morgan fingerprint density at radius 2 is 2.00 bits per heavy atom. The van der Waals surface area contributed by atoms with Gasteiger partial charge in [0.05, 0.1) is 16.6 Å². The summed E-state index contributed by atoms with van der Waals surface area (Å²) in [6.07, 6.45) is 4.37. The second kappa shape index (κ2) is 7.47. The topological polar surface area (TPSA) is 80.6 Å². The molecule has 0 radical (unpaired) electrons. The molecule has 0 aliphatic heterocycles. The number of rotatable bonds is 6. The number of hydrogen-bond donors (Lipinski definition) is 2. The van der Waals surface area contributed by atoms with Crippen LogP contribution in [-0.4, -0.2) is 31.3 Å². The minimum absolute atomic E-state index is 0.262. The molecule has 4 rings (SSSR count). The number of aromatic nitrogens is 5. The Hall–Kier alpha value is -3.14. The van der Waals surface area contributed by atoms with Crippen molar-refractivity contribution in [3.63, 3.8) is 0 Å². The minimum Gasteiger partial charge on any atom is -0.369 e. The van der Waals surface area contributed by atoms with Gasteiger partial charge in [-0.3, -0.25) is 4.68 Å². The van der Waals surface area contributed by atoms with Gasteiger partial charge in [0.15, 0.2) is 17.3 Å². The van der Waals surface area contributed by atoms with Crippen molar-refractivity contribution in [2.75, 3.05) is 17.2 Å². The fourth-order valence-corrected chi connectivity index (χ4v) is 3.54. The third-order valence-electron chi connectivity index (χ3n) is 4.10. The molecule has 144 valence electrons. The second-order valence-corrected chi connectivity index (χ2v) is 7.50. The van der Waals surface area contributed by atoms with Crippen LogP contribution in [-0.2, 0) is 13.5 Å². The molecule has 2 N–H and O–H groups in total. The molecule has 0 saturated heterocycles. The number of thiazole rings is 1. The van der Waals surface area contributed by atoms with E-state index in [2.05, 4.69) is 30.7 Å². The van der Waals surface area contributed by atoms with Crippen molar-refractivity contribution in [1.29, 1.82) is 0 Å². The van der Waals surface area contributed by atoms with Gasteiger partial charge in [0, 0.05) is 42.8 Å². The Bertz CT molecular complexity index is 1140. The van der Waals surface area contributed by atoms with Gasteiger partial charge >= 0.3 is 0 Å². The van der Waals surface area contributed by atoms with Crippen LogP contribution in [0.4, 0.5) is 26.2 Å². The molecular weight excluding hydrogens is 384 g/mol. The molecule has 3 heterocycles. The Balaban J connectivity index is 1.58. The van der Waals surface area contributed by atoms with Gasteiger partial charge in [-0.05, 0) is 19.1 Å². The van der Waals surface area contributed by atoms with Gasteiger partial charge in [-0.25, -0.2) is 13.8 Å². The van der Waals surface area contributed by atoms with Gasteiger partial charge in [-0.1, -0.05) is 0 Å². The first kappa shape index (κ1) is 18.2. The van der Waals surface area contributed by atoms with E-state index < -0.39 is 11.6 Å². The average molecular weight is 401 g/mol. The summed E-state index contributed by atoms with van der Waals surface area (Å²) in [5, 5.41) is 12.3. The number of nitrogens with one attached hydrogen (secondary N) is 2. The molecule has 0 aliphatic rings. The van der Waals surface area contributed by atoms with Gasteiger partial charge in [0.25, 0.3) is 0 Å². The van der Waals surface area contributed by atoms with Crippen LogP contribution in [0.1, 0.15) is 9.88 Å². The number of nitrogens with zero attached hydrogens (tertiary/aromatic N) is 5. The van der Waals surface area contributed by atoms with E-state index in [0.717, 1.165) is 28.9 Å². The number of hydrogen-bond acceptors (Lipinski definition) is 7. The first-order valence-corrected chi connectivity index (χ1v) is 9.38. The summed E-state index contributed by atoms with van der Waals surface area (Å²) < 4.78 is 28.2. The van der Waals surface area contributed by atoms with E-state index in [1.165, 1.54) is 10.9 Å². The number of halogens is 2. The zero-order valence-electron chi connectivity index (χ0n) is 15.2. The smallest absolute Gasteiger partial charge is 0.231 e. The summed E-state index contributed by atoms with van der Waals surface area (Å²) in [5.74, 6) is -0.971. The average Bonchev–Trinajstić information content (AvgIpc) is 3.24. The first-order valence-electron chi connectivity index (χ1n) is 8.56. The molecule has 0 amide bonds. The van der Waals surface area contributed by atoms with Crippen molar-refractivity contribution in [3.8, 4) is 0 Å². The van der Waals surface area contributed by atoms with E-state index in [4.69, 9.17) is 0 Å². The maximum Gasteiger partial charge on any atom is 0.231 e. The molecule has 3 aromatic heterocycles. The zero-order chi connectivity index (χ0) is 19.7. The normalized spacial score (nSPS) is 11.1. The lowest BCUT2D eigenvalue weighted by molar-refractivity contribution is 0.509. The first-order chi connectivity index (χ1) is 13.5. The summed E-state index contributed by atoms with van der Waals surface area (Å²) in [7, 11) is 1.78. The van der Waals surface area contributed by atoms with Gasteiger partial charge in [-0.15, -0.1) is 11.3 Å². The Labute approximate surface area is 163 Å². The van der Waals surface area contributed by atoms with Gasteiger partial charge < -0.3 is 10.6 Å². The van der Waals surface area contributed by atoms with E-state index >= 15 is 0 Å². The Morgan fingerprint density at radius 1 is 1.14 bits per heavy atom. The van der Waals surface area contributed by atoms with Crippen molar-refractivity contribution in [3.05, 3.63) is 52.1 Å². The largest absolute Gasteiger partial charge is 0.369 e. The fourth-order valence-electron chi connectivity index (χ4n) is 2.74. The predicted octanol–water partition coefficient (Wildman–Crippen LogP) is 3.80. The number of aryl methyl sites for hydroxylation is 2. The number of benzene rings is 1. The van der Waals surface area contributed by atoms with Gasteiger partial charge in [0.2, 0.25) is 5.95 Å². The quantitative estimate of drug-likeness (QED) is 0.512. The van der Waals surface area contributed by atoms with Crippen LogP contribution >= 0.6 is 11.3 Å². The van der Waals surface area contributed by atoms with Crippen LogP contribution < -0.4 is 10.6 Å². The monoisotopic (exact) mass is 401 g/mol. The maximum atomic E-state index is 13.5. The minimum atomic E-state index is -0.940. The SMILES string of the molecule is Cc1ncc(CCNc2nc(Nc3ccc(F)c(F)c3)nc3c2cnn3C)s1. The molecule has 0 aliphatic carbocycles. The van der Waals surface area contributed by atoms with Crippen molar-refractivity contribution in [2.24, 2.45) is 7.05 Å². The zero-order valence-corrected chi connectivity index (χ0v) is 16.0. The van der Waals surface area contributed by atoms with Gasteiger partial charge in [0.1, 0.15) is 5.82 Å². The third-order valence-corrected chi connectivity index (χ3v) is 5.07. The van der Waals surface area contributed by atoms with E-state index in [1.807, 2.05) is 13.1 Å². The van der Waals surface area contributed by atoms with E-state index in [9.17, 15) is 8.78 Å². The highest BCUT2D eigenvalue weighted by atomic mass is 32.1. The summed E-state index contributed by atoms with van der Waals surface area (Å²) >= 11 is 1.66. The molecule has 28 heavy (non-hydrogen) atoms. The number of fused-ring (bicyclic) bond motifs is 1. The van der Waals surface area contributed by atoms with E-state index in [1.54, 1.807) is 29.3 Å². The number of anilines is 3. The lowest BCUT2D eigenvalue weighted by Gasteiger charge is -2.10. The lowest BCUT2D eigenvalue weighted by atomic mass is 10.3. The second-order valence-electron chi connectivity index (χ2n) is 6.18. The fraction of sp³-hybridized carbons (Fsp3) is 0.222. The highest BCUT2D eigenvalue weighted by Gasteiger charge is 2.12. The highest BCUT2D eigenvalue weighted by molar-refractivity contribution is 7.11. The van der Waals surface area contributed by atoms with Gasteiger partial charge in [-0.2, -0.15) is 15.1 Å². The van der Waals surface area contributed by atoms with E-state index in [0.29, 0.717) is 23.7 Å². The van der Waals surface area contributed by atoms with Crippen LogP contribution in [0.15, 0.2) is 30.6 Å². The Kier molecular flexibility index (Phi) is 4.86. The summed E-state index contributed by atoms with van der Waals surface area (Å²) in [4.78, 5) is 14.3. The Morgan fingerprint density at radius 3 is 2.75 bits per heavy atom. The maximum absolute atomic E-state index is 13.5. The molecule has 4 aromatic rings. The summed E-state index contributed by atoms with van der Waals surface area (Å²) in [5.41, 5.74) is 0.975. The molecule has 0 bridgehead atoms. The van der Waals surface area contributed by atoms with Crippen molar-refractivity contribution < 1.29 is 8.78 Å². The van der Waals surface area contributed by atoms with Crippen LogP contribution in [0, 0.1) is 18.6 Å². The molecule has 10 heteroatoms. The van der Waals surface area contributed by atoms with Crippen LogP contribution in [0.5, 0.6) is 0 Å². The summed E-state index contributed by atoms with van der Waals surface area (Å²) in [6.45, 7) is 2.63. The van der Waals surface area contributed by atoms with Crippen LogP contribution in [0.25, 0.3) is 11.0 Å². The summed E-state index contributed by atoms with van der Waals surface area (Å²) in [6, 6.07) is 3.54. The molecule has 7 nitrogen and oxygen atoms in total. The van der Waals surface area contributed by atoms with Crippen LogP contribution in [0.3, 0.4) is 0 Å². The van der Waals surface area contributed by atoms with Crippen molar-refractivity contribution >= 4 is 39.8 Å². The van der Waals surface area contributed by atoms with Crippen molar-refractivity contribution in [1.82, 2.24) is 24.7 Å². The molecule has 0 atom stereocenters. The molecule has 0 fully saturated rings. The molecule has 0 saturated carbocycles. The van der Waals surface area contributed by atoms with Crippen LogP contribution in [0.2, 0.25) is 0 Å². The highest BCUT2D eigenvalue weighted by Crippen LogP contribution is 2.24. The molecule has 0 unspecified atom stereocenters. The molecule has 1 aromatic carbocycles. The van der Waals surface area contributed by atoms with E-state index in [-0.39, 0.29) is 5.95 Å². The lowest BCUT2D eigenvalue weighted by Crippen LogP contribution is -2.09. The van der Waals surface area contributed by atoms with Crippen molar-refractivity contribution in [2.45, 2.75) is 13.3 Å². The molecular formula is C18H17F2N7S. The molecule has 0 spiro atoms. The predicted molar refractivity (Wildman–Crippen MR) is 105 cm³/mol. The standard InChI is InChI=1S/C18H17F2N7S/c1-10-22-8-12(28-10)5-6-21-16-13-9-23-27(2)17(13)26-18(25-16)24-11-3-4-14(19)15(20)7-11/h3-4,7-9H,5-6H2,1-2H3,(H2,21,24,25,26). The third kappa shape index (κ3) is 3.77.